The Labute approximate surface area is 113 Å². The summed E-state index contributed by atoms with van der Waals surface area (Å²) in [4.78, 5) is 18.4. The fourth-order valence-electron chi connectivity index (χ4n) is 1.79. The molecule has 0 aromatic rings. The molecular weight excluding hydrogens is 276 g/mol. The summed E-state index contributed by atoms with van der Waals surface area (Å²) < 4.78 is 34.6. The number of carbonyl (C=O) groups excluding carboxylic acids is 1. The zero-order chi connectivity index (χ0) is 14.3. The summed E-state index contributed by atoms with van der Waals surface area (Å²) in [5.74, 6) is -0.526. The molecule has 0 amide bonds. The maximum Gasteiger partial charge on any atom is 0.324 e. The summed E-state index contributed by atoms with van der Waals surface area (Å²) in [6, 6.07) is -0.775. The van der Waals surface area contributed by atoms with E-state index in [2.05, 4.69) is 0 Å². The summed E-state index contributed by atoms with van der Waals surface area (Å²) >= 11 is 0. The molecule has 1 aliphatic heterocycles. The van der Waals surface area contributed by atoms with Gasteiger partial charge in [0.05, 0.1) is 19.8 Å². The summed E-state index contributed by atoms with van der Waals surface area (Å²) in [7, 11) is -2.37. The fraction of sp³-hybridized carbons (Fsp3) is 0.900. The minimum absolute atomic E-state index is 0.0909. The molecule has 19 heavy (non-hydrogen) atoms. The van der Waals surface area contributed by atoms with Crippen molar-refractivity contribution in [3.8, 4) is 0 Å². The van der Waals surface area contributed by atoms with Crippen LogP contribution in [0.1, 0.15) is 19.8 Å². The van der Waals surface area contributed by atoms with E-state index in [1.807, 2.05) is 4.89 Å². The Balaban J connectivity index is 2.58. The number of esters is 1. The van der Waals surface area contributed by atoms with Gasteiger partial charge in [0.25, 0.3) is 0 Å². The van der Waals surface area contributed by atoms with E-state index in [9.17, 15) is 13.2 Å². The normalized spacial score (nSPS) is 20.6. The topological polar surface area (TPSA) is 94.2 Å². The average molecular weight is 296 g/mol. The predicted molar refractivity (Wildman–Crippen MR) is 66.2 cm³/mol. The molecule has 0 aromatic heterocycles. The highest BCUT2D eigenvalue weighted by Crippen LogP contribution is 2.21. The highest BCUT2D eigenvalue weighted by Gasteiger charge is 2.39. The minimum Gasteiger partial charge on any atom is -0.465 e. The molecule has 112 valence electrons. The standard InChI is InChI=1S/C10H20N2O6S/c1-3-17-10(13)9-5-4-6-12(9)19(14,15)11-18-8-7-16-2/h9,11H,3-8H2,1-2H3. The van der Waals surface area contributed by atoms with Gasteiger partial charge in [-0.05, 0) is 19.8 Å². The van der Waals surface area contributed by atoms with Crippen molar-refractivity contribution in [2.24, 2.45) is 0 Å². The van der Waals surface area contributed by atoms with Gasteiger partial charge < -0.3 is 9.47 Å². The van der Waals surface area contributed by atoms with Crippen LogP contribution in [0.2, 0.25) is 0 Å². The second kappa shape index (κ2) is 7.75. The third-order valence-electron chi connectivity index (χ3n) is 2.62. The molecule has 0 saturated carbocycles. The first-order valence-electron chi connectivity index (χ1n) is 6.09. The third kappa shape index (κ3) is 4.69. The SMILES string of the molecule is CCOC(=O)C1CCCN1S(=O)(=O)NOCCOC. The second-order valence-electron chi connectivity index (χ2n) is 3.95. The van der Waals surface area contributed by atoms with E-state index in [0.29, 0.717) is 12.8 Å². The van der Waals surface area contributed by atoms with Gasteiger partial charge in [-0.3, -0.25) is 9.63 Å². The molecule has 0 spiro atoms. The summed E-state index contributed by atoms with van der Waals surface area (Å²) in [5, 5.41) is 0. The fourth-order valence-corrected chi connectivity index (χ4v) is 3.01. The zero-order valence-corrected chi connectivity index (χ0v) is 11.9. The van der Waals surface area contributed by atoms with Crippen molar-refractivity contribution in [3.05, 3.63) is 0 Å². The maximum atomic E-state index is 12.0. The van der Waals surface area contributed by atoms with Gasteiger partial charge in [-0.2, -0.15) is 12.7 Å². The van der Waals surface area contributed by atoms with E-state index in [-0.39, 0.29) is 26.4 Å². The predicted octanol–water partition coefficient (Wildman–Crippen LogP) is -0.574. The van der Waals surface area contributed by atoms with Gasteiger partial charge in [-0.25, -0.2) is 0 Å². The first-order chi connectivity index (χ1) is 9.03. The van der Waals surface area contributed by atoms with E-state index in [0.717, 1.165) is 4.31 Å². The summed E-state index contributed by atoms with van der Waals surface area (Å²) in [6.45, 7) is 2.53. The van der Waals surface area contributed by atoms with Gasteiger partial charge in [0.2, 0.25) is 0 Å². The Bertz CT molecular complexity index is 385. The summed E-state index contributed by atoms with van der Waals surface area (Å²) in [5.41, 5.74) is 0. The maximum absolute atomic E-state index is 12.0. The van der Waals surface area contributed by atoms with Gasteiger partial charge in [-0.1, -0.05) is 4.89 Å². The molecule has 1 atom stereocenters. The van der Waals surface area contributed by atoms with Crippen molar-refractivity contribution < 1.29 is 27.5 Å². The first kappa shape index (κ1) is 16.3. The molecule has 0 aromatic carbocycles. The Morgan fingerprint density at radius 2 is 2.16 bits per heavy atom. The molecule has 1 unspecified atom stereocenters. The van der Waals surface area contributed by atoms with Crippen LogP contribution < -0.4 is 4.89 Å². The average Bonchev–Trinajstić information content (AvgIpc) is 2.85. The third-order valence-corrected chi connectivity index (χ3v) is 4.01. The highest BCUT2D eigenvalue weighted by molar-refractivity contribution is 7.87. The Morgan fingerprint density at radius 1 is 1.42 bits per heavy atom. The molecule has 8 nitrogen and oxygen atoms in total. The lowest BCUT2D eigenvalue weighted by Gasteiger charge is -2.22. The number of nitrogens with one attached hydrogen (secondary N) is 1. The van der Waals surface area contributed by atoms with E-state index in [1.54, 1.807) is 6.92 Å². The molecule has 1 aliphatic rings. The first-order valence-corrected chi connectivity index (χ1v) is 7.53. The molecule has 1 heterocycles. The van der Waals surface area contributed by atoms with Crippen LogP contribution in [0.25, 0.3) is 0 Å². The lowest BCUT2D eigenvalue weighted by Crippen LogP contribution is -2.47. The van der Waals surface area contributed by atoms with E-state index in [4.69, 9.17) is 14.3 Å². The van der Waals surface area contributed by atoms with Crippen molar-refractivity contribution >= 4 is 16.2 Å². The Kier molecular flexibility index (Phi) is 6.66. The Morgan fingerprint density at radius 3 is 2.79 bits per heavy atom. The highest BCUT2D eigenvalue weighted by atomic mass is 32.2. The number of methoxy groups -OCH3 is 1. The molecule has 1 saturated heterocycles. The van der Waals surface area contributed by atoms with Crippen LogP contribution in [0.4, 0.5) is 0 Å². The van der Waals surface area contributed by atoms with E-state index >= 15 is 0 Å². The van der Waals surface area contributed by atoms with Crippen LogP contribution in [-0.4, -0.2) is 58.2 Å². The monoisotopic (exact) mass is 296 g/mol. The van der Waals surface area contributed by atoms with Crippen LogP contribution in [0.3, 0.4) is 0 Å². The minimum atomic E-state index is -3.85. The Hall–Kier alpha value is -0.740. The van der Waals surface area contributed by atoms with Crippen LogP contribution >= 0.6 is 0 Å². The molecular formula is C10H20N2O6S. The number of ether oxygens (including phenoxy) is 2. The van der Waals surface area contributed by atoms with Gasteiger partial charge in [0.1, 0.15) is 6.04 Å². The number of nitrogens with zero attached hydrogens (tertiary/aromatic N) is 1. The van der Waals surface area contributed by atoms with E-state index < -0.39 is 22.2 Å². The number of hydrogen-bond donors (Lipinski definition) is 1. The smallest absolute Gasteiger partial charge is 0.324 e. The van der Waals surface area contributed by atoms with Crippen molar-refractivity contribution in [3.63, 3.8) is 0 Å². The lowest BCUT2D eigenvalue weighted by atomic mass is 10.2. The van der Waals surface area contributed by atoms with Gasteiger partial charge >= 0.3 is 16.2 Å². The van der Waals surface area contributed by atoms with E-state index in [1.165, 1.54) is 7.11 Å². The largest absolute Gasteiger partial charge is 0.465 e. The van der Waals surface area contributed by atoms with Gasteiger partial charge in [0.15, 0.2) is 0 Å². The molecule has 0 radical (unpaired) electrons. The number of hydrogen-bond acceptors (Lipinski definition) is 6. The molecule has 1 N–H and O–H groups in total. The zero-order valence-electron chi connectivity index (χ0n) is 11.1. The quantitative estimate of drug-likeness (QED) is 0.366. The van der Waals surface area contributed by atoms with Crippen LogP contribution in [0.15, 0.2) is 0 Å². The van der Waals surface area contributed by atoms with Crippen LogP contribution in [0, 0.1) is 0 Å². The van der Waals surface area contributed by atoms with Crippen molar-refractivity contribution in [1.29, 1.82) is 0 Å². The van der Waals surface area contributed by atoms with Gasteiger partial charge in [0, 0.05) is 13.7 Å². The van der Waals surface area contributed by atoms with Crippen LogP contribution in [-0.2, 0) is 29.3 Å². The molecule has 1 rings (SSSR count). The molecule has 1 fully saturated rings. The molecule has 0 aliphatic carbocycles. The second-order valence-corrected chi connectivity index (χ2v) is 5.54. The lowest BCUT2D eigenvalue weighted by molar-refractivity contribution is -0.146. The molecule has 9 heteroatoms. The van der Waals surface area contributed by atoms with Crippen molar-refractivity contribution in [2.45, 2.75) is 25.8 Å². The number of rotatable bonds is 8. The van der Waals surface area contributed by atoms with Crippen molar-refractivity contribution in [1.82, 2.24) is 9.19 Å². The number of carbonyl (C=O) groups is 1. The van der Waals surface area contributed by atoms with Crippen molar-refractivity contribution in [2.75, 3.05) is 33.5 Å². The summed E-state index contributed by atoms with van der Waals surface area (Å²) in [6.07, 6.45) is 1.07. The van der Waals surface area contributed by atoms with Gasteiger partial charge in [-0.15, -0.1) is 0 Å². The molecule has 0 bridgehead atoms. The van der Waals surface area contributed by atoms with Crippen LogP contribution in [0.5, 0.6) is 0 Å².